The summed E-state index contributed by atoms with van der Waals surface area (Å²) in [6, 6.07) is 6.89. The molecule has 0 aliphatic rings. The summed E-state index contributed by atoms with van der Waals surface area (Å²) in [4.78, 5) is 31.8. The van der Waals surface area contributed by atoms with Gasteiger partial charge in [0.2, 0.25) is 5.91 Å². The minimum Gasteiger partial charge on any atom is -0.325 e. The molecule has 1 amide bonds. The molecule has 0 radical (unpaired) electrons. The number of anilines is 1. The van der Waals surface area contributed by atoms with Crippen molar-refractivity contribution >= 4 is 56.5 Å². The first kappa shape index (κ1) is 19.9. The Balaban J connectivity index is 1.85. The third-order valence-electron chi connectivity index (χ3n) is 4.18. The molecular formula is C19H20ClN3O2S2. The Morgan fingerprint density at radius 2 is 1.96 bits per heavy atom. The minimum absolute atomic E-state index is 0.0440. The Labute approximate surface area is 170 Å². The lowest BCUT2D eigenvalue weighted by Crippen LogP contribution is -2.25. The Morgan fingerprint density at radius 3 is 2.59 bits per heavy atom. The zero-order valence-electron chi connectivity index (χ0n) is 15.5. The van der Waals surface area contributed by atoms with Gasteiger partial charge < -0.3 is 5.32 Å². The lowest BCUT2D eigenvalue weighted by Gasteiger charge is -2.15. The number of carbonyl (C=O) groups is 1. The van der Waals surface area contributed by atoms with Crippen LogP contribution in [0.4, 0.5) is 5.69 Å². The van der Waals surface area contributed by atoms with Crippen LogP contribution in [0.1, 0.15) is 30.3 Å². The van der Waals surface area contributed by atoms with Gasteiger partial charge in [0.25, 0.3) is 5.56 Å². The quantitative estimate of drug-likeness (QED) is 0.463. The maximum Gasteiger partial charge on any atom is 0.263 e. The molecule has 5 nitrogen and oxygen atoms in total. The molecule has 142 valence electrons. The largest absolute Gasteiger partial charge is 0.325 e. The van der Waals surface area contributed by atoms with E-state index >= 15 is 0 Å². The van der Waals surface area contributed by atoms with E-state index < -0.39 is 0 Å². The van der Waals surface area contributed by atoms with Crippen LogP contribution in [0.2, 0.25) is 5.02 Å². The van der Waals surface area contributed by atoms with Crippen molar-refractivity contribution in [1.82, 2.24) is 9.55 Å². The van der Waals surface area contributed by atoms with E-state index in [2.05, 4.69) is 10.3 Å². The second kappa shape index (κ2) is 8.04. The standard InChI is InChI=1S/C19H20ClN3O2S2/c1-10(2)23-18(25)16-11(3)12(4)27-17(16)22-19(23)26-9-15(24)21-14-7-5-13(20)6-8-14/h5-8,10H,9H2,1-4H3,(H,21,24). The summed E-state index contributed by atoms with van der Waals surface area (Å²) in [5.41, 5.74) is 1.62. The van der Waals surface area contributed by atoms with Gasteiger partial charge in [0.1, 0.15) is 4.83 Å². The number of hydrogen-bond donors (Lipinski definition) is 1. The van der Waals surface area contributed by atoms with E-state index in [4.69, 9.17) is 11.6 Å². The van der Waals surface area contributed by atoms with E-state index in [1.165, 1.54) is 23.1 Å². The number of halogens is 1. The van der Waals surface area contributed by atoms with Crippen LogP contribution in [0.25, 0.3) is 10.2 Å². The average Bonchev–Trinajstić information content (AvgIpc) is 2.89. The molecule has 0 atom stereocenters. The highest BCUT2D eigenvalue weighted by molar-refractivity contribution is 7.99. The van der Waals surface area contributed by atoms with Crippen molar-refractivity contribution < 1.29 is 4.79 Å². The zero-order valence-corrected chi connectivity index (χ0v) is 17.9. The van der Waals surface area contributed by atoms with Crippen LogP contribution in [-0.4, -0.2) is 21.2 Å². The third kappa shape index (κ3) is 4.20. The van der Waals surface area contributed by atoms with Crippen LogP contribution in [0.5, 0.6) is 0 Å². The van der Waals surface area contributed by atoms with Crippen LogP contribution in [-0.2, 0) is 4.79 Å². The predicted octanol–water partition coefficient (Wildman–Crippen LogP) is 5.04. The molecule has 0 aliphatic carbocycles. The van der Waals surface area contributed by atoms with Crippen molar-refractivity contribution in [3.8, 4) is 0 Å². The van der Waals surface area contributed by atoms with Gasteiger partial charge in [-0.15, -0.1) is 11.3 Å². The smallest absolute Gasteiger partial charge is 0.263 e. The molecule has 0 aliphatic heterocycles. The van der Waals surface area contributed by atoms with Crippen molar-refractivity contribution in [1.29, 1.82) is 0 Å². The Morgan fingerprint density at radius 1 is 1.30 bits per heavy atom. The van der Waals surface area contributed by atoms with Crippen LogP contribution in [0.3, 0.4) is 0 Å². The zero-order chi connectivity index (χ0) is 19.7. The summed E-state index contributed by atoms with van der Waals surface area (Å²) in [6.07, 6.45) is 0. The van der Waals surface area contributed by atoms with Gasteiger partial charge in [-0.2, -0.15) is 0 Å². The SMILES string of the molecule is Cc1sc2nc(SCC(=O)Nc3ccc(Cl)cc3)n(C(C)C)c(=O)c2c1C. The molecule has 0 bridgehead atoms. The lowest BCUT2D eigenvalue weighted by molar-refractivity contribution is -0.113. The highest BCUT2D eigenvalue weighted by Gasteiger charge is 2.19. The number of thioether (sulfide) groups is 1. The van der Waals surface area contributed by atoms with Crippen molar-refractivity contribution in [2.75, 3.05) is 11.1 Å². The minimum atomic E-state index is -0.162. The highest BCUT2D eigenvalue weighted by Crippen LogP contribution is 2.29. The van der Waals surface area contributed by atoms with Crippen molar-refractivity contribution in [3.63, 3.8) is 0 Å². The second-order valence-corrected chi connectivity index (χ2v) is 9.05. The third-order valence-corrected chi connectivity index (χ3v) is 6.49. The van der Waals surface area contributed by atoms with Gasteiger partial charge in [-0.25, -0.2) is 4.98 Å². The molecular weight excluding hydrogens is 402 g/mol. The van der Waals surface area contributed by atoms with E-state index in [-0.39, 0.29) is 23.3 Å². The molecule has 2 heterocycles. The molecule has 0 unspecified atom stereocenters. The summed E-state index contributed by atoms with van der Waals surface area (Å²) < 4.78 is 1.67. The number of thiophene rings is 1. The second-order valence-electron chi connectivity index (χ2n) is 6.47. The molecule has 0 saturated carbocycles. The van der Waals surface area contributed by atoms with E-state index in [0.29, 0.717) is 21.3 Å². The summed E-state index contributed by atoms with van der Waals surface area (Å²) in [6.45, 7) is 7.84. The fourth-order valence-electron chi connectivity index (χ4n) is 2.71. The van der Waals surface area contributed by atoms with Gasteiger partial charge in [0.15, 0.2) is 5.16 Å². The molecule has 2 aromatic heterocycles. The van der Waals surface area contributed by atoms with Crippen molar-refractivity contribution in [3.05, 3.63) is 50.1 Å². The molecule has 0 saturated heterocycles. The molecule has 0 fully saturated rings. The van der Waals surface area contributed by atoms with Crippen LogP contribution >= 0.6 is 34.7 Å². The van der Waals surface area contributed by atoms with Gasteiger partial charge in [-0.05, 0) is 57.5 Å². The van der Waals surface area contributed by atoms with Crippen LogP contribution in [0, 0.1) is 13.8 Å². The van der Waals surface area contributed by atoms with Gasteiger partial charge in [0, 0.05) is 21.6 Å². The molecule has 8 heteroatoms. The van der Waals surface area contributed by atoms with Gasteiger partial charge in [-0.1, -0.05) is 23.4 Å². The van der Waals surface area contributed by atoms with E-state index in [9.17, 15) is 9.59 Å². The van der Waals surface area contributed by atoms with E-state index in [1.807, 2.05) is 27.7 Å². The summed E-state index contributed by atoms with van der Waals surface area (Å²) in [7, 11) is 0. The van der Waals surface area contributed by atoms with Gasteiger partial charge in [-0.3, -0.25) is 14.2 Å². The molecule has 3 aromatic rings. The summed E-state index contributed by atoms with van der Waals surface area (Å²) >= 11 is 8.64. The number of nitrogens with zero attached hydrogens (tertiary/aromatic N) is 2. The average molecular weight is 422 g/mol. The Kier molecular flexibility index (Phi) is 5.93. The maximum absolute atomic E-state index is 13.0. The number of rotatable bonds is 5. The molecule has 1 aromatic carbocycles. The number of nitrogens with one attached hydrogen (secondary N) is 1. The highest BCUT2D eigenvalue weighted by atomic mass is 35.5. The monoisotopic (exact) mass is 421 g/mol. The number of carbonyl (C=O) groups excluding carboxylic acids is 1. The first-order valence-corrected chi connectivity index (χ1v) is 10.7. The summed E-state index contributed by atoms with van der Waals surface area (Å²) in [5, 5.41) is 4.68. The normalized spacial score (nSPS) is 11.3. The van der Waals surface area contributed by atoms with Crippen LogP contribution in [0.15, 0.2) is 34.2 Å². The molecule has 3 rings (SSSR count). The van der Waals surface area contributed by atoms with Gasteiger partial charge in [0.05, 0.1) is 11.1 Å². The molecule has 27 heavy (non-hydrogen) atoms. The Hall–Kier alpha value is -1.83. The first-order chi connectivity index (χ1) is 12.8. The number of fused-ring (bicyclic) bond motifs is 1. The van der Waals surface area contributed by atoms with Crippen LogP contribution < -0.4 is 10.9 Å². The number of aromatic nitrogens is 2. The first-order valence-electron chi connectivity index (χ1n) is 8.48. The molecule has 0 spiro atoms. The summed E-state index contributed by atoms with van der Waals surface area (Å²) in [5.74, 6) is 0.00177. The molecule has 1 N–H and O–H groups in total. The van der Waals surface area contributed by atoms with Crippen molar-refractivity contribution in [2.24, 2.45) is 0 Å². The fourth-order valence-corrected chi connectivity index (χ4v) is 4.83. The fraction of sp³-hybridized carbons (Fsp3) is 0.316. The van der Waals surface area contributed by atoms with Crippen molar-refractivity contribution in [2.45, 2.75) is 38.9 Å². The van der Waals surface area contributed by atoms with E-state index in [1.54, 1.807) is 28.8 Å². The number of hydrogen-bond acceptors (Lipinski definition) is 5. The predicted molar refractivity (Wildman–Crippen MR) is 115 cm³/mol. The topological polar surface area (TPSA) is 64.0 Å². The number of amides is 1. The van der Waals surface area contributed by atoms with E-state index in [0.717, 1.165) is 15.3 Å². The maximum atomic E-state index is 13.0. The number of aryl methyl sites for hydroxylation is 2. The lowest BCUT2D eigenvalue weighted by atomic mass is 10.2. The number of benzene rings is 1. The van der Waals surface area contributed by atoms with Gasteiger partial charge >= 0.3 is 0 Å². The Bertz CT molecular complexity index is 1060.